The van der Waals surface area contributed by atoms with Crippen molar-refractivity contribution < 1.29 is 14.6 Å². The lowest BCUT2D eigenvalue weighted by atomic mass is 9.95. The van der Waals surface area contributed by atoms with Gasteiger partial charge in [0, 0.05) is 65.1 Å². The first kappa shape index (κ1) is 19.3. The fourth-order valence-corrected chi connectivity index (χ4v) is 4.14. The van der Waals surface area contributed by atoms with Crippen LogP contribution in [-0.2, 0) is 15.1 Å². The van der Waals surface area contributed by atoms with Gasteiger partial charge >= 0.3 is 0 Å². The Bertz CT molecular complexity index is 1370. The molecule has 2 aliphatic rings. The van der Waals surface area contributed by atoms with Gasteiger partial charge in [-0.2, -0.15) is 0 Å². The molecule has 1 aliphatic heterocycles. The number of anilines is 1. The van der Waals surface area contributed by atoms with Gasteiger partial charge in [-0.15, -0.1) is 5.10 Å². The molecule has 5 heterocycles. The van der Waals surface area contributed by atoms with Gasteiger partial charge in [0.2, 0.25) is 5.91 Å². The first-order valence-corrected chi connectivity index (χ1v) is 10.7. The normalized spacial score (nSPS) is 20.8. The Hall–Kier alpha value is -3.43. The molecule has 2 fully saturated rings. The molecule has 0 spiro atoms. The van der Waals surface area contributed by atoms with Gasteiger partial charge in [0.05, 0.1) is 6.61 Å². The monoisotopic (exact) mass is 430 g/mol. The summed E-state index contributed by atoms with van der Waals surface area (Å²) in [6.07, 6.45) is 7.69. The molecule has 1 amide bonds. The topological polar surface area (TPSA) is 115 Å². The van der Waals surface area contributed by atoms with Crippen LogP contribution in [0.5, 0.6) is 0 Å². The highest BCUT2D eigenvalue weighted by atomic mass is 16.5. The zero-order valence-corrected chi connectivity index (χ0v) is 17.6. The van der Waals surface area contributed by atoms with Crippen molar-refractivity contribution in [1.82, 2.24) is 24.6 Å². The van der Waals surface area contributed by atoms with Crippen LogP contribution in [0, 0.1) is 12.8 Å². The lowest BCUT2D eigenvalue weighted by Gasteiger charge is -2.20. The molecule has 6 rings (SSSR count). The molecule has 1 atom stereocenters. The molecule has 9 heteroatoms. The van der Waals surface area contributed by atoms with Crippen LogP contribution in [0.4, 0.5) is 5.82 Å². The minimum absolute atomic E-state index is 0.0105. The highest BCUT2D eigenvalue weighted by molar-refractivity contribution is 5.99. The van der Waals surface area contributed by atoms with E-state index in [0.717, 1.165) is 40.4 Å². The predicted octanol–water partition coefficient (Wildman–Crippen LogP) is 2.60. The third kappa shape index (κ3) is 3.21. The Kier molecular flexibility index (Phi) is 4.24. The molecule has 1 saturated heterocycles. The van der Waals surface area contributed by atoms with Crippen molar-refractivity contribution in [1.29, 1.82) is 0 Å². The van der Waals surface area contributed by atoms with E-state index in [4.69, 9.17) is 4.74 Å². The number of rotatable bonds is 4. The molecule has 0 bridgehead atoms. The van der Waals surface area contributed by atoms with E-state index < -0.39 is 5.60 Å². The lowest BCUT2D eigenvalue weighted by Crippen LogP contribution is -2.26. The van der Waals surface area contributed by atoms with E-state index >= 15 is 0 Å². The van der Waals surface area contributed by atoms with Crippen molar-refractivity contribution >= 4 is 28.1 Å². The molecule has 2 N–H and O–H groups in total. The summed E-state index contributed by atoms with van der Waals surface area (Å²) in [6, 6.07) is 5.56. The quantitative estimate of drug-likeness (QED) is 0.511. The van der Waals surface area contributed by atoms with Crippen LogP contribution in [0.3, 0.4) is 0 Å². The molecule has 162 valence electrons. The molecule has 0 aromatic carbocycles. The standard InChI is InChI=1S/C23H22N6O3/c1-13-17-9-25-19(26-22(30)14-2-3-14)8-16(17)18(10-24-13)21-27-20-5-4-15(11-29(20)28-21)23(31)6-7-32-12-23/h4-5,8-11,14,31H,2-3,6-7,12H2,1H3,(H,25,26,30)/t23-/m1/s1. The Labute approximate surface area is 183 Å². The van der Waals surface area contributed by atoms with E-state index in [1.807, 2.05) is 25.1 Å². The molecule has 1 aliphatic carbocycles. The van der Waals surface area contributed by atoms with Gasteiger partial charge in [0.15, 0.2) is 11.5 Å². The smallest absolute Gasteiger partial charge is 0.228 e. The van der Waals surface area contributed by atoms with Gasteiger partial charge in [-0.25, -0.2) is 14.5 Å². The summed E-state index contributed by atoms with van der Waals surface area (Å²) in [5.74, 6) is 1.13. The lowest BCUT2D eigenvalue weighted by molar-refractivity contribution is -0.117. The summed E-state index contributed by atoms with van der Waals surface area (Å²) >= 11 is 0. The van der Waals surface area contributed by atoms with Gasteiger partial charge in [-0.05, 0) is 31.9 Å². The number of amides is 1. The van der Waals surface area contributed by atoms with Gasteiger partial charge in [-0.3, -0.25) is 9.78 Å². The van der Waals surface area contributed by atoms with Crippen molar-refractivity contribution in [2.75, 3.05) is 18.5 Å². The van der Waals surface area contributed by atoms with Gasteiger partial charge in [0.25, 0.3) is 0 Å². The molecule has 9 nitrogen and oxygen atoms in total. The summed E-state index contributed by atoms with van der Waals surface area (Å²) < 4.78 is 7.05. The van der Waals surface area contributed by atoms with E-state index in [9.17, 15) is 9.90 Å². The zero-order valence-electron chi connectivity index (χ0n) is 17.6. The number of pyridine rings is 3. The second kappa shape index (κ2) is 7.04. The molecule has 4 aromatic heterocycles. The Morgan fingerprint density at radius 2 is 2.12 bits per heavy atom. The Morgan fingerprint density at radius 1 is 1.25 bits per heavy atom. The molecule has 0 radical (unpaired) electrons. The fourth-order valence-electron chi connectivity index (χ4n) is 4.14. The number of carbonyl (C=O) groups excluding carboxylic acids is 1. The number of nitrogens with one attached hydrogen (secondary N) is 1. The number of aromatic nitrogens is 5. The van der Waals surface area contributed by atoms with Gasteiger partial charge < -0.3 is 15.2 Å². The molecular formula is C23H22N6O3. The van der Waals surface area contributed by atoms with E-state index in [2.05, 4.69) is 25.4 Å². The van der Waals surface area contributed by atoms with Crippen molar-refractivity contribution in [3.05, 3.63) is 48.0 Å². The number of aryl methyl sites for hydroxylation is 1. The van der Waals surface area contributed by atoms with E-state index in [0.29, 0.717) is 30.3 Å². The minimum Gasteiger partial charge on any atom is -0.383 e. The SMILES string of the molecule is Cc1ncc(-c2nc3ccc([C@@]4(O)CCOC4)cn3n2)c2cc(NC(=O)C3CC3)ncc12. The van der Waals surface area contributed by atoms with Crippen molar-refractivity contribution in [2.45, 2.75) is 31.8 Å². The van der Waals surface area contributed by atoms with Crippen LogP contribution in [0.25, 0.3) is 27.8 Å². The van der Waals surface area contributed by atoms with E-state index in [-0.39, 0.29) is 18.4 Å². The number of hydrogen-bond donors (Lipinski definition) is 2. The van der Waals surface area contributed by atoms with Crippen molar-refractivity contribution in [3.63, 3.8) is 0 Å². The van der Waals surface area contributed by atoms with Crippen molar-refractivity contribution in [3.8, 4) is 11.4 Å². The van der Waals surface area contributed by atoms with Crippen LogP contribution < -0.4 is 5.32 Å². The van der Waals surface area contributed by atoms with Crippen LogP contribution in [0.2, 0.25) is 0 Å². The molecule has 32 heavy (non-hydrogen) atoms. The minimum atomic E-state index is -1.00. The first-order chi connectivity index (χ1) is 15.5. The van der Waals surface area contributed by atoms with Crippen LogP contribution in [0.1, 0.15) is 30.5 Å². The summed E-state index contributed by atoms with van der Waals surface area (Å²) in [7, 11) is 0. The third-order valence-corrected chi connectivity index (χ3v) is 6.28. The summed E-state index contributed by atoms with van der Waals surface area (Å²) in [4.78, 5) is 25.8. The Balaban J connectivity index is 1.43. The van der Waals surface area contributed by atoms with Crippen LogP contribution in [0.15, 0.2) is 36.8 Å². The second-order valence-corrected chi connectivity index (χ2v) is 8.63. The number of nitrogens with zero attached hydrogens (tertiary/aromatic N) is 5. The summed E-state index contributed by atoms with van der Waals surface area (Å²) in [5, 5.41) is 20.1. The van der Waals surface area contributed by atoms with E-state index in [1.54, 1.807) is 23.1 Å². The molecule has 0 unspecified atom stereocenters. The van der Waals surface area contributed by atoms with E-state index in [1.165, 1.54) is 0 Å². The first-order valence-electron chi connectivity index (χ1n) is 10.7. The zero-order chi connectivity index (χ0) is 21.9. The predicted molar refractivity (Wildman–Crippen MR) is 117 cm³/mol. The number of aliphatic hydroxyl groups is 1. The van der Waals surface area contributed by atoms with Crippen LogP contribution >= 0.6 is 0 Å². The average Bonchev–Trinajstić information content (AvgIpc) is 3.41. The largest absolute Gasteiger partial charge is 0.383 e. The van der Waals surface area contributed by atoms with Crippen LogP contribution in [-0.4, -0.2) is 48.8 Å². The molecular weight excluding hydrogens is 408 g/mol. The van der Waals surface area contributed by atoms with Gasteiger partial charge in [-0.1, -0.05) is 6.07 Å². The maximum atomic E-state index is 12.2. The number of ether oxygens (including phenoxy) is 1. The second-order valence-electron chi connectivity index (χ2n) is 8.63. The summed E-state index contributed by atoms with van der Waals surface area (Å²) in [5.41, 5.74) is 2.00. The molecule has 1 saturated carbocycles. The maximum absolute atomic E-state index is 12.2. The molecule has 4 aromatic rings. The van der Waals surface area contributed by atoms with Gasteiger partial charge in [0.1, 0.15) is 11.4 Å². The maximum Gasteiger partial charge on any atom is 0.228 e. The number of fused-ring (bicyclic) bond motifs is 2. The average molecular weight is 430 g/mol. The third-order valence-electron chi connectivity index (χ3n) is 6.28. The number of hydrogen-bond acceptors (Lipinski definition) is 7. The summed E-state index contributed by atoms with van der Waals surface area (Å²) in [6.45, 7) is 2.73. The highest BCUT2D eigenvalue weighted by Gasteiger charge is 2.34. The fraction of sp³-hybridized carbons (Fsp3) is 0.348. The Morgan fingerprint density at radius 3 is 2.91 bits per heavy atom. The number of carbonyl (C=O) groups is 1. The highest BCUT2D eigenvalue weighted by Crippen LogP contribution is 2.33. The van der Waals surface area contributed by atoms with Crippen molar-refractivity contribution in [2.24, 2.45) is 5.92 Å².